The van der Waals surface area contributed by atoms with Crippen LogP contribution in [0.25, 0.3) is 6.08 Å². The fourth-order valence-corrected chi connectivity index (χ4v) is 2.90. The van der Waals surface area contributed by atoms with Crippen LogP contribution in [0.1, 0.15) is 17.5 Å². The van der Waals surface area contributed by atoms with Crippen LogP contribution in [0.2, 0.25) is 0 Å². The molecule has 0 unspecified atom stereocenters. The van der Waals surface area contributed by atoms with Crippen molar-refractivity contribution < 1.29 is 9.90 Å². The van der Waals surface area contributed by atoms with Crippen molar-refractivity contribution in [2.75, 3.05) is 6.54 Å². The summed E-state index contributed by atoms with van der Waals surface area (Å²) < 4.78 is 0. The van der Waals surface area contributed by atoms with Crippen molar-refractivity contribution >= 4 is 24.2 Å². The summed E-state index contributed by atoms with van der Waals surface area (Å²) in [5, 5.41) is 16.9. The summed E-state index contributed by atoms with van der Waals surface area (Å²) in [5.74, 6) is 0.667. The van der Waals surface area contributed by atoms with Crippen LogP contribution >= 0.6 is 0 Å². The number of carbonyl (C=O) groups is 1. The molecule has 1 saturated heterocycles. The highest BCUT2D eigenvalue weighted by Gasteiger charge is 2.28. The number of carbonyl (C=O) groups excluding carboxylic acids is 1. The Kier molecular flexibility index (Phi) is 5.04. The number of nitrogens with zero attached hydrogens (tertiary/aromatic N) is 2. The fraction of sp³-hybridized carbons (Fsp3) is 0.150. The lowest BCUT2D eigenvalue weighted by Gasteiger charge is -2.16. The molecule has 0 aliphatic carbocycles. The molecule has 2 aromatic rings. The van der Waals surface area contributed by atoms with Gasteiger partial charge in [0.1, 0.15) is 17.9 Å². The third-order valence-corrected chi connectivity index (χ3v) is 4.04. The lowest BCUT2D eigenvalue weighted by molar-refractivity contribution is -0.126. The van der Waals surface area contributed by atoms with E-state index in [-0.39, 0.29) is 11.7 Å². The molecule has 3 rings (SSSR count). The summed E-state index contributed by atoms with van der Waals surface area (Å²) in [6.07, 6.45) is 3.83. The van der Waals surface area contributed by atoms with Gasteiger partial charge in [-0.1, -0.05) is 42.5 Å². The van der Waals surface area contributed by atoms with Crippen LogP contribution in [0.15, 0.2) is 65.2 Å². The lowest BCUT2D eigenvalue weighted by Crippen LogP contribution is -2.33. The third-order valence-electron chi connectivity index (χ3n) is 4.04. The highest BCUT2D eigenvalue weighted by molar-refractivity contribution is 6.14. The molecule has 126 valence electrons. The molecule has 0 spiro atoms. The molecule has 1 aliphatic rings. The first kappa shape index (κ1) is 16.6. The molecule has 5 heteroatoms. The number of phenols is 1. The molecule has 2 aromatic carbocycles. The van der Waals surface area contributed by atoms with Gasteiger partial charge in [-0.05, 0) is 41.3 Å². The van der Waals surface area contributed by atoms with E-state index in [0.29, 0.717) is 25.2 Å². The molecule has 1 aliphatic heterocycles. The summed E-state index contributed by atoms with van der Waals surface area (Å²) in [5.41, 5.74) is 2.67. The Balaban J connectivity index is 1.83. The number of hydrogen-bond donors (Lipinski definition) is 2. The number of aliphatic imine (C=N–C) groups is 1. The van der Waals surface area contributed by atoms with Gasteiger partial charge in [0, 0.05) is 6.54 Å². The Morgan fingerprint density at radius 3 is 2.72 bits per heavy atom. The van der Waals surface area contributed by atoms with Crippen LogP contribution in [0.5, 0.6) is 5.75 Å². The lowest BCUT2D eigenvalue weighted by atomic mass is 10.1. The summed E-state index contributed by atoms with van der Waals surface area (Å²) in [6.45, 7) is 0.545. The van der Waals surface area contributed by atoms with E-state index in [2.05, 4.69) is 4.99 Å². The van der Waals surface area contributed by atoms with Crippen LogP contribution in [-0.2, 0) is 11.2 Å². The molecule has 25 heavy (non-hydrogen) atoms. The van der Waals surface area contributed by atoms with Gasteiger partial charge in [-0.3, -0.25) is 15.1 Å². The fourth-order valence-electron chi connectivity index (χ4n) is 2.90. The number of phenolic OH excluding ortho intramolecular Hbond substituents is 1. The largest absolute Gasteiger partial charge is 0.508 e. The zero-order valence-electron chi connectivity index (χ0n) is 13.7. The molecule has 0 atom stereocenters. The monoisotopic (exact) mass is 333 g/mol. The van der Waals surface area contributed by atoms with Crippen molar-refractivity contribution in [2.45, 2.75) is 12.8 Å². The van der Waals surface area contributed by atoms with Gasteiger partial charge in [-0.15, -0.1) is 0 Å². The zero-order valence-corrected chi connectivity index (χ0v) is 13.7. The van der Waals surface area contributed by atoms with E-state index in [1.165, 1.54) is 0 Å². The van der Waals surface area contributed by atoms with Gasteiger partial charge in [0.05, 0.1) is 6.42 Å². The van der Waals surface area contributed by atoms with Gasteiger partial charge in [-0.25, -0.2) is 4.99 Å². The van der Waals surface area contributed by atoms with E-state index in [4.69, 9.17) is 5.41 Å². The number of amides is 1. The van der Waals surface area contributed by atoms with Crippen molar-refractivity contribution in [2.24, 2.45) is 4.99 Å². The van der Waals surface area contributed by atoms with Gasteiger partial charge < -0.3 is 5.11 Å². The van der Waals surface area contributed by atoms with E-state index in [0.717, 1.165) is 23.0 Å². The van der Waals surface area contributed by atoms with Crippen LogP contribution in [0.3, 0.4) is 0 Å². The second-order valence-electron chi connectivity index (χ2n) is 5.80. The molecule has 5 nitrogen and oxygen atoms in total. The average Bonchev–Trinajstić information content (AvgIpc) is 2.99. The minimum Gasteiger partial charge on any atom is -0.508 e. The number of nitrogens with one attached hydrogen (secondary N) is 1. The quantitative estimate of drug-likeness (QED) is 0.665. The van der Waals surface area contributed by atoms with Gasteiger partial charge in [-0.2, -0.15) is 0 Å². The predicted octanol–water partition coefficient (Wildman–Crippen LogP) is 3.26. The number of hydrogen-bond acceptors (Lipinski definition) is 3. The Labute approximate surface area is 146 Å². The maximum Gasteiger partial charge on any atom is 0.232 e. The van der Waals surface area contributed by atoms with E-state index >= 15 is 0 Å². The molecule has 1 heterocycles. The van der Waals surface area contributed by atoms with Crippen molar-refractivity contribution in [1.29, 1.82) is 5.41 Å². The van der Waals surface area contributed by atoms with E-state index in [1.54, 1.807) is 23.1 Å². The minimum atomic E-state index is -0.0360. The molecule has 0 saturated carbocycles. The first-order valence-corrected chi connectivity index (χ1v) is 8.08. The predicted molar refractivity (Wildman–Crippen MR) is 98.8 cm³/mol. The number of likely N-dealkylation sites (tertiary alicyclic amines) is 1. The van der Waals surface area contributed by atoms with Crippen LogP contribution in [-0.4, -0.2) is 34.6 Å². The molecule has 0 radical (unpaired) electrons. The van der Waals surface area contributed by atoms with Gasteiger partial charge in [0.25, 0.3) is 0 Å². The van der Waals surface area contributed by atoms with Gasteiger partial charge in [0.15, 0.2) is 0 Å². The molecule has 0 bridgehead atoms. The zero-order chi connectivity index (χ0) is 17.6. The van der Waals surface area contributed by atoms with E-state index in [9.17, 15) is 9.90 Å². The second-order valence-corrected chi connectivity index (χ2v) is 5.80. The summed E-state index contributed by atoms with van der Waals surface area (Å²) in [7, 11) is 0. The summed E-state index contributed by atoms with van der Waals surface area (Å²) in [4.78, 5) is 18.4. The summed E-state index contributed by atoms with van der Waals surface area (Å²) in [6, 6.07) is 16.5. The van der Waals surface area contributed by atoms with E-state index < -0.39 is 0 Å². The molecule has 2 N–H and O–H groups in total. The molecular formula is C20H19N3O2. The maximum atomic E-state index is 12.7. The molecule has 1 fully saturated rings. The van der Waals surface area contributed by atoms with Crippen molar-refractivity contribution in [1.82, 2.24) is 4.90 Å². The Hall–Kier alpha value is -3.21. The van der Waals surface area contributed by atoms with Crippen molar-refractivity contribution in [3.8, 4) is 5.75 Å². The normalized spacial score (nSPS) is 17.2. The minimum absolute atomic E-state index is 0.0360. The number of benzene rings is 2. The smallest absolute Gasteiger partial charge is 0.232 e. The Morgan fingerprint density at radius 2 is 2.00 bits per heavy atom. The van der Waals surface area contributed by atoms with E-state index in [1.807, 2.05) is 42.5 Å². The first-order chi connectivity index (χ1) is 12.2. The third kappa shape index (κ3) is 4.01. The number of amidine groups is 1. The van der Waals surface area contributed by atoms with Crippen LogP contribution in [0.4, 0.5) is 0 Å². The number of rotatable bonds is 4. The van der Waals surface area contributed by atoms with Crippen molar-refractivity contribution in [3.63, 3.8) is 0 Å². The van der Waals surface area contributed by atoms with Crippen LogP contribution < -0.4 is 0 Å². The maximum absolute atomic E-state index is 12.7. The standard InChI is InChI=1S/C20H19N3O2/c21-14-22-20-17(11-16-7-4-8-18(24)12-16)9-10-23(20)19(25)13-15-5-2-1-3-6-15/h1-8,11-12,14,21,24H,9-10,13H2/b17-11+,21-14?,22-20?. The van der Waals surface area contributed by atoms with Crippen LogP contribution in [0, 0.1) is 5.41 Å². The van der Waals surface area contributed by atoms with Gasteiger partial charge >= 0.3 is 0 Å². The molecule has 0 aromatic heterocycles. The first-order valence-electron chi connectivity index (χ1n) is 8.08. The average molecular weight is 333 g/mol. The molecule has 1 amide bonds. The highest BCUT2D eigenvalue weighted by Crippen LogP contribution is 2.23. The Morgan fingerprint density at radius 1 is 1.20 bits per heavy atom. The SMILES string of the molecule is N=CN=C1/C(=C/c2cccc(O)c2)CCN1C(=O)Cc1ccccc1. The molecular weight excluding hydrogens is 314 g/mol. The highest BCUT2D eigenvalue weighted by atomic mass is 16.3. The Bertz CT molecular complexity index is 841. The van der Waals surface area contributed by atoms with Crippen molar-refractivity contribution in [3.05, 3.63) is 71.3 Å². The van der Waals surface area contributed by atoms with Gasteiger partial charge in [0.2, 0.25) is 5.91 Å². The summed E-state index contributed by atoms with van der Waals surface area (Å²) >= 11 is 0. The second kappa shape index (κ2) is 7.57. The topological polar surface area (TPSA) is 76.8 Å². The number of aromatic hydroxyl groups is 1.